The maximum absolute atomic E-state index is 6.14. The van der Waals surface area contributed by atoms with Crippen LogP contribution < -0.4 is 5.73 Å². The summed E-state index contributed by atoms with van der Waals surface area (Å²) in [6, 6.07) is 0.668. The fourth-order valence-electron chi connectivity index (χ4n) is 1.81. The minimum atomic E-state index is 0.194. The van der Waals surface area contributed by atoms with Crippen molar-refractivity contribution in [3.63, 3.8) is 0 Å². The molecule has 0 saturated heterocycles. The number of hydrogen-bond acceptors (Lipinski definition) is 2. The first kappa shape index (κ1) is 9.47. The zero-order valence-electron chi connectivity index (χ0n) is 8.92. The first-order chi connectivity index (χ1) is 6.09. The summed E-state index contributed by atoms with van der Waals surface area (Å²) < 4.78 is 0. The van der Waals surface area contributed by atoms with Gasteiger partial charge in [0.2, 0.25) is 0 Å². The van der Waals surface area contributed by atoms with Gasteiger partial charge in [0.25, 0.3) is 0 Å². The van der Waals surface area contributed by atoms with Gasteiger partial charge in [0.05, 0.1) is 0 Å². The molecule has 0 bridgehead atoms. The first-order valence-electron chi connectivity index (χ1n) is 5.62. The summed E-state index contributed by atoms with van der Waals surface area (Å²) in [5, 5.41) is 0. The van der Waals surface area contributed by atoms with Crippen molar-refractivity contribution in [3.05, 3.63) is 0 Å². The summed E-state index contributed by atoms with van der Waals surface area (Å²) >= 11 is 0. The summed E-state index contributed by atoms with van der Waals surface area (Å²) in [7, 11) is 0. The van der Waals surface area contributed by atoms with Gasteiger partial charge in [0.1, 0.15) is 0 Å². The van der Waals surface area contributed by atoms with Crippen molar-refractivity contribution in [2.75, 3.05) is 13.1 Å². The molecule has 0 unspecified atom stereocenters. The molecule has 0 atom stereocenters. The van der Waals surface area contributed by atoms with E-state index >= 15 is 0 Å². The molecular formula is C11H22N2. The van der Waals surface area contributed by atoms with E-state index < -0.39 is 0 Å². The van der Waals surface area contributed by atoms with Crippen LogP contribution >= 0.6 is 0 Å². The van der Waals surface area contributed by atoms with Crippen LogP contribution in [-0.2, 0) is 0 Å². The Hall–Kier alpha value is -0.0800. The van der Waals surface area contributed by atoms with Crippen molar-refractivity contribution in [1.82, 2.24) is 4.90 Å². The third kappa shape index (κ3) is 2.68. The van der Waals surface area contributed by atoms with E-state index in [-0.39, 0.29) is 5.54 Å². The fraction of sp³-hybridized carbons (Fsp3) is 1.00. The van der Waals surface area contributed by atoms with Gasteiger partial charge in [0.15, 0.2) is 0 Å². The van der Waals surface area contributed by atoms with Crippen molar-refractivity contribution in [1.29, 1.82) is 0 Å². The van der Waals surface area contributed by atoms with E-state index in [1.807, 2.05) is 0 Å². The Labute approximate surface area is 81.5 Å². The smallest absolute Gasteiger partial charge is 0.0284 e. The molecule has 76 valence electrons. The quantitative estimate of drug-likeness (QED) is 0.699. The Morgan fingerprint density at radius 2 is 2.00 bits per heavy atom. The Bertz CT molecular complexity index is 181. The largest absolute Gasteiger partial charge is 0.324 e. The van der Waals surface area contributed by atoms with E-state index in [1.165, 1.54) is 32.2 Å². The van der Waals surface area contributed by atoms with E-state index in [0.29, 0.717) is 6.04 Å². The van der Waals surface area contributed by atoms with Crippen molar-refractivity contribution in [2.24, 2.45) is 11.7 Å². The van der Waals surface area contributed by atoms with E-state index in [9.17, 15) is 0 Å². The molecule has 0 amide bonds. The van der Waals surface area contributed by atoms with Gasteiger partial charge < -0.3 is 5.73 Å². The number of hydrogen-bond donors (Lipinski definition) is 1. The number of nitrogens with zero attached hydrogens (tertiary/aromatic N) is 1. The maximum Gasteiger partial charge on any atom is 0.0284 e. The SMILES string of the molecule is CC(C)N(CC1CC1)CC1(N)CC1. The van der Waals surface area contributed by atoms with Crippen LogP contribution in [0.1, 0.15) is 39.5 Å². The molecule has 2 fully saturated rings. The lowest BCUT2D eigenvalue weighted by atomic mass is 10.2. The highest BCUT2D eigenvalue weighted by molar-refractivity contribution is 5.01. The Balaban J connectivity index is 1.81. The van der Waals surface area contributed by atoms with Crippen molar-refractivity contribution in [2.45, 2.75) is 51.1 Å². The van der Waals surface area contributed by atoms with Gasteiger partial charge in [-0.25, -0.2) is 0 Å². The molecule has 0 radical (unpaired) electrons. The Morgan fingerprint density at radius 3 is 2.38 bits per heavy atom. The molecule has 0 aromatic carbocycles. The summed E-state index contributed by atoms with van der Waals surface area (Å²) in [6.45, 7) is 6.99. The van der Waals surface area contributed by atoms with Crippen LogP contribution in [0.2, 0.25) is 0 Å². The monoisotopic (exact) mass is 182 g/mol. The highest BCUT2D eigenvalue weighted by Crippen LogP contribution is 2.36. The first-order valence-corrected chi connectivity index (χ1v) is 5.62. The standard InChI is InChI=1S/C11H22N2/c1-9(2)13(7-10-3-4-10)8-11(12)5-6-11/h9-10H,3-8,12H2,1-2H3. The summed E-state index contributed by atoms with van der Waals surface area (Å²) in [5.41, 5.74) is 6.33. The molecule has 0 heterocycles. The van der Waals surface area contributed by atoms with Gasteiger partial charge in [-0.15, -0.1) is 0 Å². The second-order valence-corrected chi connectivity index (χ2v) is 5.33. The minimum Gasteiger partial charge on any atom is -0.324 e. The zero-order chi connectivity index (χ0) is 9.47. The van der Waals surface area contributed by atoms with Crippen molar-refractivity contribution >= 4 is 0 Å². The molecule has 0 aromatic rings. The maximum atomic E-state index is 6.14. The van der Waals surface area contributed by atoms with E-state index in [4.69, 9.17) is 5.73 Å². The van der Waals surface area contributed by atoms with Crippen LogP contribution in [0, 0.1) is 5.92 Å². The van der Waals surface area contributed by atoms with Crippen LogP contribution in [0.3, 0.4) is 0 Å². The molecule has 2 nitrogen and oxygen atoms in total. The molecule has 2 saturated carbocycles. The van der Waals surface area contributed by atoms with E-state index in [1.54, 1.807) is 0 Å². The predicted octanol–water partition coefficient (Wildman–Crippen LogP) is 1.60. The molecule has 0 aliphatic heterocycles. The van der Waals surface area contributed by atoms with Crippen LogP contribution in [0.25, 0.3) is 0 Å². The van der Waals surface area contributed by atoms with Gasteiger partial charge >= 0.3 is 0 Å². The predicted molar refractivity (Wildman–Crippen MR) is 55.6 cm³/mol. The zero-order valence-corrected chi connectivity index (χ0v) is 8.92. The van der Waals surface area contributed by atoms with Crippen molar-refractivity contribution in [3.8, 4) is 0 Å². The summed E-state index contributed by atoms with van der Waals surface area (Å²) in [5.74, 6) is 0.991. The fourth-order valence-corrected chi connectivity index (χ4v) is 1.81. The lowest BCUT2D eigenvalue weighted by Crippen LogP contribution is -2.43. The van der Waals surface area contributed by atoms with Gasteiger partial charge in [-0.2, -0.15) is 0 Å². The van der Waals surface area contributed by atoms with Crippen molar-refractivity contribution < 1.29 is 0 Å². The molecule has 2 rings (SSSR count). The Morgan fingerprint density at radius 1 is 1.38 bits per heavy atom. The Kier molecular flexibility index (Phi) is 2.37. The molecule has 0 aromatic heterocycles. The molecule has 0 spiro atoms. The van der Waals surface area contributed by atoms with Gasteiger partial charge in [-0.1, -0.05) is 0 Å². The summed E-state index contributed by atoms with van der Waals surface area (Å²) in [6.07, 6.45) is 5.36. The second kappa shape index (κ2) is 3.25. The molecule has 13 heavy (non-hydrogen) atoms. The normalized spacial score (nSPS) is 25.6. The van der Waals surface area contributed by atoms with Crippen LogP contribution in [0.5, 0.6) is 0 Å². The van der Waals surface area contributed by atoms with Gasteiger partial charge in [-0.05, 0) is 45.4 Å². The molecule has 2 heteroatoms. The molecule has 2 N–H and O–H groups in total. The minimum absolute atomic E-state index is 0.194. The third-order valence-electron chi connectivity index (χ3n) is 3.33. The highest BCUT2D eigenvalue weighted by atomic mass is 15.2. The van der Waals surface area contributed by atoms with E-state index in [0.717, 1.165) is 12.5 Å². The molecule has 2 aliphatic rings. The highest BCUT2D eigenvalue weighted by Gasteiger charge is 2.40. The van der Waals surface area contributed by atoms with Gasteiger partial charge in [0, 0.05) is 24.7 Å². The third-order valence-corrected chi connectivity index (χ3v) is 3.33. The van der Waals surface area contributed by atoms with Gasteiger partial charge in [-0.3, -0.25) is 4.90 Å². The lowest BCUT2D eigenvalue weighted by molar-refractivity contribution is 0.194. The number of rotatable bonds is 5. The summed E-state index contributed by atoms with van der Waals surface area (Å²) in [4.78, 5) is 2.57. The van der Waals surface area contributed by atoms with E-state index in [2.05, 4.69) is 18.7 Å². The average Bonchev–Trinajstić information content (AvgIpc) is 2.89. The second-order valence-electron chi connectivity index (χ2n) is 5.33. The van der Waals surface area contributed by atoms with Crippen LogP contribution in [0.15, 0.2) is 0 Å². The topological polar surface area (TPSA) is 29.3 Å². The molecule has 2 aliphatic carbocycles. The number of nitrogens with two attached hydrogens (primary N) is 1. The average molecular weight is 182 g/mol. The van der Waals surface area contributed by atoms with Crippen LogP contribution in [-0.4, -0.2) is 29.6 Å². The lowest BCUT2D eigenvalue weighted by Gasteiger charge is -2.29. The molecular weight excluding hydrogens is 160 g/mol. The van der Waals surface area contributed by atoms with Crippen LogP contribution in [0.4, 0.5) is 0 Å².